The van der Waals surface area contributed by atoms with E-state index in [0.29, 0.717) is 6.10 Å². The van der Waals surface area contributed by atoms with Gasteiger partial charge < -0.3 is 14.4 Å². The van der Waals surface area contributed by atoms with Gasteiger partial charge in [0.1, 0.15) is 5.60 Å². The summed E-state index contributed by atoms with van der Waals surface area (Å²) in [6.07, 6.45) is 3.53. The standard InChI is InChI=1S/C15H28N2O3/c1-15(2,3)20-14(18)16(4)12-7-8-17(10-12)11-13-6-5-9-19-13/h12-13H,5-11H2,1-4H3/t12-,13+/m0/s1. The van der Waals surface area contributed by atoms with E-state index in [2.05, 4.69) is 4.90 Å². The van der Waals surface area contributed by atoms with Gasteiger partial charge in [0.15, 0.2) is 0 Å². The summed E-state index contributed by atoms with van der Waals surface area (Å²) in [5, 5.41) is 0. The second-order valence-electron chi connectivity index (χ2n) is 6.93. The number of carbonyl (C=O) groups excluding carboxylic acids is 1. The molecule has 0 saturated carbocycles. The molecule has 20 heavy (non-hydrogen) atoms. The fraction of sp³-hybridized carbons (Fsp3) is 0.933. The van der Waals surface area contributed by atoms with Crippen LogP contribution in [0, 0.1) is 0 Å². The van der Waals surface area contributed by atoms with Crippen LogP contribution in [0.4, 0.5) is 4.79 Å². The highest BCUT2D eigenvalue weighted by atomic mass is 16.6. The zero-order chi connectivity index (χ0) is 14.8. The minimum absolute atomic E-state index is 0.221. The van der Waals surface area contributed by atoms with Crippen LogP contribution in [-0.2, 0) is 9.47 Å². The molecule has 0 bridgehead atoms. The van der Waals surface area contributed by atoms with Crippen molar-refractivity contribution < 1.29 is 14.3 Å². The summed E-state index contributed by atoms with van der Waals surface area (Å²) in [4.78, 5) is 16.2. The van der Waals surface area contributed by atoms with E-state index < -0.39 is 5.60 Å². The van der Waals surface area contributed by atoms with Crippen molar-refractivity contribution in [3.05, 3.63) is 0 Å². The third kappa shape index (κ3) is 4.35. The molecule has 5 nitrogen and oxygen atoms in total. The molecule has 0 aromatic carbocycles. The molecular weight excluding hydrogens is 256 g/mol. The lowest BCUT2D eigenvalue weighted by atomic mass is 10.2. The van der Waals surface area contributed by atoms with Gasteiger partial charge in [0.25, 0.3) is 0 Å². The highest BCUT2D eigenvalue weighted by Gasteiger charge is 2.32. The Labute approximate surface area is 122 Å². The van der Waals surface area contributed by atoms with Gasteiger partial charge in [-0.1, -0.05) is 0 Å². The molecule has 2 atom stereocenters. The molecule has 0 radical (unpaired) electrons. The first-order valence-corrected chi connectivity index (χ1v) is 7.65. The van der Waals surface area contributed by atoms with Crippen LogP contribution >= 0.6 is 0 Å². The van der Waals surface area contributed by atoms with Gasteiger partial charge in [-0.05, 0) is 40.0 Å². The summed E-state index contributed by atoms with van der Waals surface area (Å²) in [7, 11) is 1.84. The number of ether oxygens (including phenoxy) is 2. The Morgan fingerprint density at radius 1 is 1.40 bits per heavy atom. The molecule has 0 aromatic heterocycles. The Morgan fingerprint density at radius 2 is 2.15 bits per heavy atom. The number of amides is 1. The van der Waals surface area contributed by atoms with Crippen molar-refractivity contribution in [2.45, 2.75) is 57.8 Å². The highest BCUT2D eigenvalue weighted by molar-refractivity contribution is 5.68. The zero-order valence-electron chi connectivity index (χ0n) is 13.2. The third-order valence-corrected chi connectivity index (χ3v) is 3.96. The van der Waals surface area contributed by atoms with E-state index in [1.807, 2.05) is 27.8 Å². The molecule has 0 spiro atoms. The maximum atomic E-state index is 12.1. The Kier molecular flexibility index (Phi) is 4.91. The summed E-state index contributed by atoms with van der Waals surface area (Å²) in [6.45, 7) is 9.57. The normalized spacial score (nSPS) is 27.8. The summed E-state index contributed by atoms with van der Waals surface area (Å²) in [5.41, 5.74) is -0.429. The lowest BCUT2D eigenvalue weighted by Crippen LogP contribution is -2.42. The van der Waals surface area contributed by atoms with Crippen LogP contribution in [0.1, 0.15) is 40.0 Å². The van der Waals surface area contributed by atoms with E-state index in [1.165, 1.54) is 12.8 Å². The number of rotatable bonds is 3. The summed E-state index contributed by atoms with van der Waals surface area (Å²) >= 11 is 0. The molecule has 2 aliphatic heterocycles. The smallest absolute Gasteiger partial charge is 0.410 e. The van der Waals surface area contributed by atoms with Crippen molar-refractivity contribution >= 4 is 6.09 Å². The van der Waals surface area contributed by atoms with Gasteiger partial charge in [0.05, 0.1) is 6.10 Å². The fourth-order valence-electron chi connectivity index (χ4n) is 2.85. The molecule has 116 valence electrons. The summed E-state index contributed by atoms with van der Waals surface area (Å²) < 4.78 is 11.1. The maximum absolute atomic E-state index is 12.1. The van der Waals surface area contributed by atoms with E-state index in [1.54, 1.807) is 4.90 Å². The van der Waals surface area contributed by atoms with Crippen molar-refractivity contribution in [3.63, 3.8) is 0 Å². The molecule has 0 N–H and O–H groups in total. The third-order valence-electron chi connectivity index (χ3n) is 3.96. The van der Waals surface area contributed by atoms with E-state index in [0.717, 1.165) is 32.7 Å². The van der Waals surface area contributed by atoms with Gasteiger partial charge in [-0.25, -0.2) is 4.79 Å². The number of carbonyl (C=O) groups is 1. The molecule has 2 aliphatic rings. The Bertz CT molecular complexity index is 335. The minimum atomic E-state index is -0.429. The summed E-state index contributed by atoms with van der Waals surface area (Å²) in [6, 6.07) is 0.256. The average Bonchev–Trinajstić information content (AvgIpc) is 2.97. The Morgan fingerprint density at radius 3 is 2.75 bits per heavy atom. The van der Waals surface area contributed by atoms with E-state index in [9.17, 15) is 4.79 Å². The van der Waals surface area contributed by atoms with Gasteiger partial charge in [0, 0.05) is 39.3 Å². The first-order chi connectivity index (χ1) is 9.35. The van der Waals surface area contributed by atoms with Crippen LogP contribution in [-0.4, -0.2) is 66.9 Å². The monoisotopic (exact) mass is 284 g/mol. The van der Waals surface area contributed by atoms with Crippen molar-refractivity contribution in [1.29, 1.82) is 0 Å². The van der Waals surface area contributed by atoms with Gasteiger partial charge in [-0.15, -0.1) is 0 Å². The van der Waals surface area contributed by atoms with Crippen LogP contribution in [0.5, 0.6) is 0 Å². The first kappa shape index (κ1) is 15.6. The van der Waals surface area contributed by atoms with Crippen LogP contribution < -0.4 is 0 Å². The van der Waals surface area contributed by atoms with E-state index in [4.69, 9.17) is 9.47 Å². The second kappa shape index (κ2) is 6.31. The van der Waals surface area contributed by atoms with Crippen LogP contribution in [0.25, 0.3) is 0 Å². The lowest BCUT2D eigenvalue weighted by Gasteiger charge is -2.29. The zero-order valence-corrected chi connectivity index (χ0v) is 13.2. The number of likely N-dealkylation sites (N-methyl/N-ethyl adjacent to an activating group) is 1. The van der Waals surface area contributed by atoms with Crippen molar-refractivity contribution in [1.82, 2.24) is 9.80 Å². The largest absolute Gasteiger partial charge is 0.444 e. The molecule has 5 heteroatoms. The molecule has 0 aliphatic carbocycles. The number of hydrogen-bond acceptors (Lipinski definition) is 4. The van der Waals surface area contributed by atoms with Gasteiger partial charge in [-0.3, -0.25) is 4.90 Å². The molecule has 1 amide bonds. The molecule has 2 fully saturated rings. The number of likely N-dealkylation sites (tertiary alicyclic amines) is 1. The van der Waals surface area contributed by atoms with Crippen LogP contribution in [0.2, 0.25) is 0 Å². The predicted molar refractivity (Wildman–Crippen MR) is 77.8 cm³/mol. The van der Waals surface area contributed by atoms with Gasteiger partial charge in [-0.2, -0.15) is 0 Å². The molecular formula is C15H28N2O3. The highest BCUT2D eigenvalue weighted by Crippen LogP contribution is 2.20. The quantitative estimate of drug-likeness (QED) is 0.796. The van der Waals surface area contributed by atoms with Gasteiger partial charge in [0.2, 0.25) is 0 Å². The number of nitrogens with zero attached hydrogens (tertiary/aromatic N) is 2. The van der Waals surface area contributed by atoms with Crippen molar-refractivity contribution in [2.75, 3.05) is 33.3 Å². The predicted octanol–water partition coefficient (Wildman–Crippen LogP) is 2.11. The van der Waals surface area contributed by atoms with E-state index in [-0.39, 0.29) is 12.1 Å². The number of hydrogen-bond donors (Lipinski definition) is 0. The Hall–Kier alpha value is -0.810. The molecule has 2 saturated heterocycles. The minimum Gasteiger partial charge on any atom is -0.444 e. The second-order valence-corrected chi connectivity index (χ2v) is 6.93. The van der Waals surface area contributed by atoms with Crippen LogP contribution in [0.15, 0.2) is 0 Å². The molecule has 0 unspecified atom stereocenters. The average molecular weight is 284 g/mol. The topological polar surface area (TPSA) is 42.0 Å². The first-order valence-electron chi connectivity index (χ1n) is 7.65. The maximum Gasteiger partial charge on any atom is 0.410 e. The SMILES string of the molecule is CN(C(=O)OC(C)(C)C)[C@H]1CCN(C[C@H]2CCCO2)C1. The van der Waals surface area contributed by atoms with E-state index >= 15 is 0 Å². The molecule has 0 aromatic rings. The Balaban J connectivity index is 1.77. The summed E-state index contributed by atoms with van der Waals surface area (Å²) in [5.74, 6) is 0. The molecule has 2 heterocycles. The molecule has 2 rings (SSSR count). The van der Waals surface area contributed by atoms with Gasteiger partial charge >= 0.3 is 6.09 Å². The fourth-order valence-corrected chi connectivity index (χ4v) is 2.85. The van der Waals surface area contributed by atoms with Crippen molar-refractivity contribution in [2.24, 2.45) is 0 Å². The van der Waals surface area contributed by atoms with Crippen LogP contribution in [0.3, 0.4) is 0 Å². The lowest BCUT2D eigenvalue weighted by molar-refractivity contribution is 0.0222. The van der Waals surface area contributed by atoms with Crippen molar-refractivity contribution in [3.8, 4) is 0 Å².